The van der Waals surface area contributed by atoms with Crippen molar-refractivity contribution in [1.29, 1.82) is 0 Å². The Balaban J connectivity index is 0.00000361. The monoisotopic (exact) mass is 304 g/mol. The number of carbonyl (C=O) groups excluding carboxylic acids is 1. The van der Waals surface area contributed by atoms with Crippen LogP contribution in [-0.4, -0.2) is 26.0 Å². The average molecular weight is 305 g/mol. The van der Waals surface area contributed by atoms with Gasteiger partial charge in [0.25, 0.3) is 0 Å². The van der Waals surface area contributed by atoms with E-state index in [-0.39, 0.29) is 24.2 Å². The maximum Gasteiger partial charge on any atom is 0.223 e. The number of carbonyl (C=O) groups is 1. The minimum Gasteiger partial charge on any atom is -0.356 e. The van der Waals surface area contributed by atoms with Gasteiger partial charge in [-0.3, -0.25) is 4.79 Å². The summed E-state index contributed by atoms with van der Waals surface area (Å²) in [5.74, 6) is 1.71. The number of rotatable bonds is 8. The second kappa shape index (κ2) is 11.4. The summed E-state index contributed by atoms with van der Waals surface area (Å²) in [6.07, 6.45) is 8.87. The fourth-order valence-corrected chi connectivity index (χ4v) is 3.07. The van der Waals surface area contributed by atoms with Gasteiger partial charge in [0, 0.05) is 12.5 Å². The van der Waals surface area contributed by atoms with Crippen molar-refractivity contribution in [3.8, 4) is 0 Å². The third-order valence-electron chi connectivity index (χ3n) is 4.36. The molecule has 1 aliphatic rings. The molecule has 2 N–H and O–H groups in total. The Bertz CT molecular complexity index is 253. The number of hydrogen-bond donors (Lipinski definition) is 2. The van der Waals surface area contributed by atoms with Crippen molar-refractivity contribution in [3.05, 3.63) is 0 Å². The Morgan fingerprint density at radius 2 is 1.80 bits per heavy atom. The molecule has 3 nitrogen and oxygen atoms in total. The Labute approximate surface area is 131 Å². The molecule has 1 aliphatic carbocycles. The summed E-state index contributed by atoms with van der Waals surface area (Å²) in [4.78, 5) is 12.3. The van der Waals surface area contributed by atoms with Crippen LogP contribution in [-0.2, 0) is 4.79 Å². The molecule has 0 aromatic heterocycles. The first kappa shape index (κ1) is 19.7. The molecule has 0 spiro atoms. The van der Waals surface area contributed by atoms with Crippen molar-refractivity contribution >= 4 is 18.3 Å². The Kier molecular flexibility index (Phi) is 11.2. The van der Waals surface area contributed by atoms with Gasteiger partial charge in [0.05, 0.1) is 0 Å². The molecule has 120 valence electrons. The van der Waals surface area contributed by atoms with Crippen molar-refractivity contribution < 1.29 is 4.79 Å². The third-order valence-corrected chi connectivity index (χ3v) is 4.36. The highest BCUT2D eigenvalue weighted by Gasteiger charge is 2.26. The summed E-state index contributed by atoms with van der Waals surface area (Å²) in [6.45, 7) is 6.13. The number of hydrogen-bond acceptors (Lipinski definition) is 2. The molecule has 1 rings (SSSR count). The van der Waals surface area contributed by atoms with Crippen LogP contribution < -0.4 is 10.6 Å². The number of amides is 1. The predicted octanol–water partition coefficient (Wildman–Crippen LogP) is 3.38. The molecule has 20 heavy (non-hydrogen) atoms. The minimum atomic E-state index is 0. The second-order valence-corrected chi connectivity index (χ2v) is 6.34. The normalized spacial score (nSPS) is 17.6. The second-order valence-electron chi connectivity index (χ2n) is 6.34. The summed E-state index contributed by atoms with van der Waals surface area (Å²) in [6, 6.07) is 0. The summed E-state index contributed by atoms with van der Waals surface area (Å²) < 4.78 is 0. The average Bonchev–Trinajstić information content (AvgIpc) is 2.41. The largest absolute Gasteiger partial charge is 0.356 e. The molecule has 0 saturated heterocycles. The van der Waals surface area contributed by atoms with Gasteiger partial charge in [-0.25, -0.2) is 0 Å². The molecule has 1 unspecified atom stereocenters. The molecular formula is C16H33ClN2O. The van der Waals surface area contributed by atoms with Crippen molar-refractivity contribution in [2.24, 2.45) is 17.8 Å². The first-order valence-corrected chi connectivity index (χ1v) is 8.07. The first-order valence-electron chi connectivity index (χ1n) is 8.07. The highest BCUT2D eigenvalue weighted by molar-refractivity contribution is 5.85. The van der Waals surface area contributed by atoms with Gasteiger partial charge in [-0.2, -0.15) is 0 Å². The SMILES string of the molecule is CNCCCNC(=O)C(CC1CCCCC1)C(C)C.Cl. The van der Waals surface area contributed by atoms with Crippen LogP contribution in [0, 0.1) is 17.8 Å². The van der Waals surface area contributed by atoms with E-state index in [4.69, 9.17) is 0 Å². The summed E-state index contributed by atoms with van der Waals surface area (Å²) in [7, 11) is 1.95. The van der Waals surface area contributed by atoms with Gasteiger partial charge in [0.2, 0.25) is 5.91 Å². The van der Waals surface area contributed by atoms with E-state index in [0.29, 0.717) is 5.92 Å². The van der Waals surface area contributed by atoms with Crippen molar-refractivity contribution in [3.63, 3.8) is 0 Å². The maximum atomic E-state index is 12.3. The van der Waals surface area contributed by atoms with Crippen LogP contribution in [0.25, 0.3) is 0 Å². The zero-order valence-corrected chi connectivity index (χ0v) is 14.2. The maximum absolute atomic E-state index is 12.3. The van der Waals surface area contributed by atoms with Crippen molar-refractivity contribution in [2.45, 2.75) is 58.8 Å². The Hall–Kier alpha value is -0.280. The van der Waals surface area contributed by atoms with E-state index < -0.39 is 0 Å². The zero-order chi connectivity index (χ0) is 14.1. The minimum absolute atomic E-state index is 0. The van der Waals surface area contributed by atoms with E-state index in [1.165, 1.54) is 32.1 Å². The lowest BCUT2D eigenvalue weighted by molar-refractivity contribution is -0.127. The molecule has 0 bridgehead atoms. The van der Waals surface area contributed by atoms with Gasteiger partial charge >= 0.3 is 0 Å². The number of nitrogens with one attached hydrogen (secondary N) is 2. The van der Waals surface area contributed by atoms with Crippen LogP contribution in [0.1, 0.15) is 58.8 Å². The fraction of sp³-hybridized carbons (Fsp3) is 0.938. The van der Waals surface area contributed by atoms with Gasteiger partial charge in [-0.1, -0.05) is 46.0 Å². The summed E-state index contributed by atoms with van der Waals surface area (Å²) in [5.41, 5.74) is 0. The molecular weight excluding hydrogens is 272 g/mol. The molecule has 4 heteroatoms. The molecule has 0 heterocycles. The van der Waals surface area contributed by atoms with E-state index in [1.54, 1.807) is 0 Å². The lowest BCUT2D eigenvalue weighted by Gasteiger charge is -2.28. The van der Waals surface area contributed by atoms with E-state index in [1.807, 2.05) is 7.05 Å². The van der Waals surface area contributed by atoms with Crippen LogP contribution in [0.5, 0.6) is 0 Å². The molecule has 0 aliphatic heterocycles. The van der Waals surface area contributed by atoms with Gasteiger partial charge in [0.15, 0.2) is 0 Å². The third kappa shape index (κ3) is 7.49. The highest BCUT2D eigenvalue weighted by Crippen LogP contribution is 2.31. The van der Waals surface area contributed by atoms with Crippen LogP contribution >= 0.6 is 12.4 Å². The molecule has 1 amide bonds. The van der Waals surface area contributed by atoms with E-state index in [9.17, 15) is 4.79 Å². The molecule has 1 atom stereocenters. The van der Waals surface area contributed by atoms with Gasteiger partial charge in [-0.15, -0.1) is 12.4 Å². The summed E-state index contributed by atoms with van der Waals surface area (Å²) >= 11 is 0. The molecule has 1 saturated carbocycles. The van der Waals surface area contributed by atoms with Crippen LogP contribution in [0.15, 0.2) is 0 Å². The molecule has 0 aromatic carbocycles. The van der Waals surface area contributed by atoms with E-state index in [0.717, 1.165) is 31.8 Å². The first-order chi connectivity index (χ1) is 9.15. The highest BCUT2D eigenvalue weighted by atomic mass is 35.5. The van der Waals surface area contributed by atoms with Crippen LogP contribution in [0.3, 0.4) is 0 Å². The van der Waals surface area contributed by atoms with E-state index in [2.05, 4.69) is 24.5 Å². The predicted molar refractivity (Wildman–Crippen MR) is 88.3 cm³/mol. The van der Waals surface area contributed by atoms with E-state index >= 15 is 0 Å². The smallest absolute Gasteiger partial charge is 0.223 e. The van der Waals surface area contributed by atoms with Gasteiger partial charge in [-0.05, 0) is 38.3 Å². The summed E-state index contributed by atoms with van der Waals surface area (Å²) in [5, 5.41) is 6.22. The van der Waals surface area contributed by atoms with Crippen molar-refractivity contribution in [2.75, 3.05) is 20.1 Å². The zero-order valence-electron chi connectivity index (χ0n) is 13.4. The lowest BCUT2D eigenvalue weighted by Crippen LogP contribution is -2.36. The standard InChI is InChI=1S/C16H32N2O.ClH/c1-13(2)15(12-14-8-5-4-6-9-14)16(19)18-11-7-10-17-3;/h13-15,17H,4-12H2,1-3H3,(H,18,19);1H. The van der Waals surface area contributed by atoms with Crippen LogP contribution in [0.2, 0.25) is 0 Å². The quantitative estimate of drug-likeness (QED) is 0.675. The fourth-order valence-electron chi connectivity index (χ4n) is 3.07. The molecule has 1 fully saturated rings. The molecule has 0 aromatic rings. The number of halogens is 1. The van der Waals surface area contributed by atoms with Crippen molar-refractivity contribution in [1.82, 2.24) is 10.6 Å². The van der Waals surface area contributed by atoms with Crippen LogP contribution in [0.4, 0.5) is 0 Å². The lowest BCUT2D eigenvalue weighted by atomic mass is 9.79. The van der Waals surface area contributed by atoms with Gasteiger partial charge in [0.1, 0.15) is 0 Å². The molecule has 0 radical (unpaired) electrons. The van der Waals surface area contributed by atoms with Gasteiger partial charge < -0.3 is 10.6 Å². The Morgan fingerprint density at radius 3 is 2.35 bits per heavy atom. The topological polar surface area (TPSA) is 41.1 Å². The Morgan fingerprint density at radius 1 is 1.15 bits per heavy atom.